The van der Waals surface area contributed by atoms with Gasteiger partial charge in [-0.3, -0.25) is 9.59 Å². The van der Waals surface area contributed by atoms with Crippen molar-refractivity contribution in [3.63, 3.8) is 0 Å². The summed E-state index contributed by atoms with van der Waals surface area (Å²) in [6.07, 6.45) is 1.89. The molecule has 5 rings (SSSR count). The third-order valence-electron chi connectivity index (χ3n) is 7.81. The van der Waals surface area contributed by atoms with Crippen molar-refractivity contribution in [3.8, 4) is 0 Å². The number of halogens is 1. The number of carbonyl (C=O) groups is 3. The highest BCUT2D eigenvalue weighted by molar-refractivity contribution is 5.98. The van der Waals surface area contributed by atoms with Gasteiger partial charge in [0, 0.05) is 67.0 Å². The number of aromatic nitrogens is 1. The van der Waals surface area contributed by atoms with E-state index in [4.69, 9.17) is 0 Å². The van der Waals surface area contributed by atoms with Gasteiger partial charge in [-0.05, 0) is 67.7 Å². The first-order chi connectivity index (χ1) is 20.7. The van der Waals surface area contributed by atoms with E-state index < -0.39 is 11.9 Å². The third-order valence-corrected chi connectivity index (χ3v) is 7.81. The van der Waals surface area contributed by atoms with Gasteiger partial charge in [0.05, 0.1) is 0 Å². The zero-order valence-electron chi connectivity index (χ0n) is 24.6. The van der Waals surface area contributed by atoms with Gasteiger partial charge in [0.25, 0.3) is 5.91 Å². The molecule has 0 saturated carbocycles. The van der Waals surface area contributed by atoms with Crippen LogP contribution in [0.5, 0.6) is 0 Å². The highest BCUT2D eigenvalue weighted by Crippen LogP contribution is 2.29. The Balaban J connectivity index is 1.31. The highest BCUT2D eigenvalue weighted by atomic mass is 19.1. The summed E-state index contributed by atoms with van der Waals surface area (Å²) >= 11 is 0. The van der Waals surface area contributed by atoms with Gasteiger partial charge >= 0.3 is 6.03 Å². The molecule has 4 aromatic rings. The van der Waals surface area contributed by atoms with Crippen molar-refractivity contribution >= 4 is 34.4 Å². The lowest BCUT2D eigenvalue weighted by atomic mass is 9.92. The summed E-state index contributed by atoms with van der Waals surface area (Å²) in [5, 5.41) is 7.00. The quantitative estimate of drug-likeness (QED) is 0.281. The van der Waals surface area contributed by atoms with Gasteiger partial charge < -0.3 is 30.3 Å². The number of H-pyrrole nitrogens is 1. The van der Waals surface area contributed by atoms with Gasteiger partial charge in [0.2, 0.25) is 5.91 Å². The van der Waals surface area contributed by atoms with Gasteiger partial charge in [0.1, 0.15) is 11.9 Å². The summed E-state index contributed by atoms with van der Waals surface area (Å²) in [5.74, 6) is -1.29. The molecule has 43 heavy (non-hydrogen) atoms. The van der Waals surface area contributed by atoms with Crippen LogP contribution in [0.3, 0.4) is 0 Å². The van der Waals surface area contributed by atoms with E-state index in [-0.39, 0.29) is 23.8 Å². The van der Waals surface area contributed by atoms with Crippen molar-refractivity contribution in [3.05, 3.63) is 102 Å². The number of aromatic amines is 1. The smallest absolute Gasteiger partial charge is 0.318 e. The topological polar surface area (TPSA) is 101 Å². The van der Waals surface area contributed by atoms with Gasteiger partial charge in [-0.15, -0.1) is 0 Å². The number of rotatable bonds is 8. The van der Waals surface area contributed by atoms with Crippen molar-refractivity contribution in [1.29, 1.82) is 0 Å². The van der Waals surface area contributed by atoms with E-state index in [0.29, 0.717) is 37.4 Å². The fourth-order valence-corrected chi connectivity index (χ4v) is 5.51. The Morgan fingerprint density at radius 3 is 2.35 bits per heavy atom. The monoisotopic (exact) mass is 584 g/mol. The largest absolute Gasteiger partial charge is 0.361 e. The number of urea groups is 1. The third kappa shape index (κ3) is 7.03. The van der Waals surface area contributed by atoms with Crippen molar-refractivity contribution in [2.75, 3.05) is 45.6 Å². The molecule has 0 spiro atoms. The average Bonchev–Trinajstić information content (AvgIpc) is 3.44. The van der Waals surface area contributed by atoms with Gasteiger partial charge in [-0.2, -0.15) is 0 Å². The van der Waals surface area contributed by atoms with Crippen LogP contribution in [-0.2, 0) is 11.3 Å². The number of nitrogens with zero attached hydrogens (tertiary/aromatic N) is 3. The predicted octanol–water partition coefficient (Wildman–Crippen LogP) is 4.65. The van der Waals surface area contributed by atoms with E-state index in [2.05, 4.69) is 20.5 Å². The summed E-state index contributed by atoms with van der Waals surface area (Å²) in [4.78, 5) is 48.8. The molecule has 4 amide bonds. The van der Waals surface area contributed by atoms with Crippen LogP contribution < -0.4 is 10.6 Å². The number of hydrogen-bond donors (Lipinski definition) is 3. The van der Waals surface area contributed by atoms with Crippen LogP contribution in [-0.4, -0.2) is 83.8 Å². The lowest BCUT2D eigenvalue weighted by Crippen LogP contribution is -2.57. The maximum atomic E-state index is 13.8. The van der Waals surface area contributed by atoms with Gasteiger partial charge in [0.15, 0.2) is 0 Å². The number of fused-ring (bicyclic) bond motifs is 1. The summed E-state index contributed by atoms with van der Waals surface area (Å²) in [5.41, 5.74) is 3.99. The number of benzene rings is 3. The first kappa shape index (κ1) is 29.8. The molecule has 0 aliphatic carbocycles. The van der Waals surface area contributed by atoms with Crippen LogP contribution >= 0.6 is 0 Å². The van der Waals surface area contributed by atoms with E-state index in [0.717, 1.165) is 28.6 Å². The molecule has 1 aliphatic rings. The first-order valence-corrected chi connectivity index (χ1v) is 14.4. The second-order valence-corrected chi connectivity index (χ2v) is 11.2. The number of anilines is 1. The van der Waals surface area contributed by atoms with E-state index >= 15 is 0 Å². The molecule has 1 fully saturated rings. The van der Waals surface area contributed by atoms with Crippen molar-refractivity contribution in [2.24, 2.45) is 0 Å². The lowest BCUT2D eigenvalue weighted by Gasteiger charge is -2.36. The van der Waals surface area contributed by atoms with Crippen LogP contribution in [0, 0.1) is 5.82 Å². The Labute approximate surface area is 250 Å². The van der Waals surface area contributed by atoms with Crippen LogP contribution in [0.1, 0.15) is 34.3 Å². The Bertz CT molecular complexity index is 1590. The average molecular weight is 585 g/mol. The summed E-state index contributed by atoms with van der Waals surface area (Å²) < 4.78 is 13.3. The second kappa shape index (κ2) is 13.1. The zero-order chi connectivity index (χ0) is 30.5. The minimum absolute atomic E-state index is 0.207. The molecule has 3 aromatic carbocycles. The van der Waals surface area contributed by atoms with E-state index in [1.165, 1.54) is 24.3 Å². The highest BCUT2D eigenvalue weighted by Gasteiger charge is 2.33. The molecule has 3 N–H and O–H groups in total. The molecule has 2 heterocycles. The fourth-order valence-electron chi connectivity index (χ4n) is 5.51. The van der Waals surface area contributed by atoms with Crippen molar-refractivity contribution in [2.45, 2.75) is 25.4 Å². The number of amides is 4. The first-order valence-electron chi connectivity index (χ1n) is 14.4. The summed E-state index contributed by atoms with van der Waals surface area (Å²) in [6, 6.07) is 19.7. The summed E-state index contributed by atoms with van der Waals surface area (Å²) in [6.45, 7) is 3.93. The van der Waals surface area contributed by atoms with Crippen molar-refractivity contribution < 1.29 is 18.8 Å². The Kier molecular flexibility index (Phi) is 9.06. The van der Waals surface area contributed by atoms with Crippen molar-refractivity contribution in [1.82, 2.24) is 25.0 Å². The molecule has 1 aromatic heterocycles. The van der Waals surface area contributed by atoms with Crippen LogP contribution in [0.25, 0.3) is 10.9 Å². The molecule has 10 heteroatoms. The Morgan fingerprint density at radius 2 is 1.63 bits per heavy atom. The standard InChI is InChI=1S/C33H37FN6O3/c1-22(28-20-35-29-10-5-4-9-27(28)29)30(31(41)36-26-8-6-7-23(19-26)21-38(2)3)37-33(43)40-17-15-39(16-18-40)32(42)24-11-13-25(34)14-12-24/h4-14,19-20,22,30,35H,15-18,21H2,1-3H3,(H,36,41)(H,37,43). The number of hydrogen-bond acceptors (Lipinski definition) is 4. The fraction of sp³-hybridized carbons (Fsp3) is 0.303. The SMILES string of the molecule is CC(c1c[nH]c2ccccc12)C(NC(=O)N1CCN(C(=O)c2ccc(F)cc2)CC1)C(=O)Nc1cccc(CN(C)C)c1. The Hall–Kier alpha value is -4.70. The van der Waals surface area contributed by atoms with Gasteiger partial charge in [-0.25, -0.2) is 9.18 Å². The minimum Gasteiger partial charge on any atom is -0.361 e. The Morgan fingerprint density at radius 1 is 0.930 bits per heavy atom. The van der Waals surface area contributed by atoms with E-state index in [1.807, 2.05) is 75.7 Å². The summed E-state index contributed by atoms with van der Waals surface area (Å²) in [7, 11) is 3.97. The molecule has 1 saturated heterocycles. The molecule has 2 atom stereocenters. The van der Waals surface area contributed by atoms with Crippen LogP contribution in [0.4, 0.5) is 14.9 Å². The number of piperazine rings is 1. The molecule has 1 aliphatic heterocycles. The normalized spacial score (nSPS) is 14.9. The van der Waals surface area contributed by atoms with Crippen LogP contribution in [0.15, 0.2) is 79.0 Å². The minimum atomic E-state index is -0.872. The molecular formula is C33H37FN6O3. The molecule has 224 valence electrons. The number of para-hydroxylation sites is 1. The number of carbonyl (C=O) groups excluding carboxylic acids is 3. The predicted molar refractivity (Wildman–Crippen MR) is 165 cm³/mol. The number of nitrogens with one attached hydrogen (secondary N) is 3. The molecule has 0 bridgehead atoms. The molecule has 2 unspecified atom stereocenters. The van der Waals surface area contributed by atoms with Gasteiger partial charge in [-0.1, -0.05) is 37.3 Å². The van der Waals surface area contributed by atoms with E-state index in [9.17, 15) is 18.8 Å². The molecule has 0 radical (unpaired) electrons. The lowest BCUT2D eigenvalue weighted by molar-refractivity contribution is -0.118. The maximum Gasteiger partial charge on any atom is 0.318 e. The molecule has 9 nitrogen and oxygen atoms in total. The maximum absolute atomic E-state index is 13.8. The van der Waals surface area contributed by atoms with Crippen LogP contribution in [0.2, 0.25) is 0 Å². The zero-order valence-corrected chi connectivity index (χ0v) is 24.6. The van der Waals surface area contributed by atoms with E-state index in [1.54, 1.807) is 9.80 Å². The molecular weight excluding hydrogens is 547 g/mol. The second-order valence-electron chi connectivity index (χ2n) is 11.2.